The zero-order valence-corrected chi connectivity index (χ0v) is 21.3. The Labute approximate surface area is 215 Å². The summed E-state index contributed by atoms with van der Waals surface area (Å²) < 4.78 is 5.67. The number of carbonyl (C=O) groups excluding carboxylic acids is 2. The Morgan fingerprint density at radius 3 is 2.57 bits per heavy atom. The molecule has 0 radical (unpaired) electrons. The molecule has 1 atom stereocenters. The highest BCUT2D eigenvalue weighted by molar-refractivity contribution is 8.00. The SMILES string of the molecule is CCOc1ccccc1CCCNC(=O)c1ccc([C@H]2SCC(=O)N2Cc2ccc(Cl)cc2)cc1. The first-order valence-electron chi connectivity index (χ1n) is 11.8. The van der Waals surface area contributed by atoms with Crippen LogP contribution in [0.3, 0.4) is 0 Å². The van der Waals surface area contributed by atoms with Gasteiger partial charge in [0.15, 0.2) is 0 Å². The van der Waals surface area contributed by atoms with Gasteiger partial charge in [0.1, 0.15) is 11.1 Å². The van der Waals surface area contributed by atoms with Gasteiger partial charge in [-0.3, -0.25) is 9.59 Å². The summed E-state index contributed by atoms with van der Waals surface area (Å²) >= 11 is 7.59. The number of hydrogen-bond donors (Lipinski definition) is 1. The molecule has 1 N–H and O–H groups in total. The van der Waals surface area contributed by atoms with Crippen LogP contribution in [0.2, 0.25) is 5.02 Å². The molecule has 4 rings (SSSR count). The number of para-hydroxylation sites is 1. The van der Waals surface area contributed by atoms with Crippen LogP contribution in [-0.4, -0.2) is 35.6 Å². The molecule has 0 spiro atoms. The van der Waals surface area contributed by atoms with Crippen molar-refractivity contribution in [3.05, 3.63) is 100 Å². The van der Waals surface area contributed by atoms with Crippen LogP contribution in [-0.2, 0) is 17.8 Å². The first kappa shape index (κ1) is 25.1. The van der Waals surface area contributed by atoms with E-state index < -0.39 is 0 Å². The average Bonchev–Trinajstić information content (AvgIpc) is 3.24. The van der Waals surface area contributed by atoms with Gasteiger partial charge in [0.2, 0.25) is 5.91 Å². The van der Waals surface area contributed by atoms with E-state index in [1.807, 2.05) is 78.6 Å². The molecule has 2 amide bonds. The number of thioether (sulfide) groups is 1. The molecule has 0 bridgehead atoms. The van der Waals surface area contributed by atoms with Gasteiger partial charge >= 0.3 is 0 Å². The first-order chi connectivity index (χ1) is 17.0. The van der Waals surface area contributed by atoms with Crippen molar-refractivity contribution in [2.45, 2.75) is 31.7 Å². The predicted molar refractivity (Wildman–Crippen MR) is 142 cm³/mol. The van der Waals surface area contributed by atoms with Gasteiger partial charge in [-0.1, -0.05) is 54.1 Å². The van der Waals surface area contributed by atoms with Crippen LogP contribution in [0.15, 0.2) is 72.8 Å². The Morgan fingerprint density at radius 2 is 1.83 bits per heavy atom. The van der Waals surface area contributed by atoms with E-state index >= 15 is 0 Å². The maximum atomic E-state index is 12.6. The van der Waals surface area contributed by atoms with E-state index in [2.05, 4.69) is 11.4 Å². The summed E-state index contributed by atoms with van der Waals surface area (Å²) in [7, 11) is 0. The summed E-state index contributed by atoms with van der Waals surface area (Å²) in [5.74, 6) is 1.38. The molecule has 3 aromatic carbocycles. The quantitative estimate of drug-likeness (QED) is 0.348. The summed E-state index contributed by atoms with van der Waals surface area (Å²) in [4.78, 5) is 27.0. The van der Waals surface area contributed by atoms with Gasteiger partial charge in [-0.15, -0.1) is 11.8 Å². The number of aryl methyl sites for hydroxylation is 1. The Balaban J connectivity index is 1.31. The highest BCUT2D eigenvalue weighted by atomic mass is 35.5. The van der Waals surface area contributed by atoms with Gasteiger partial charge in [0.05, 0.1) is 12.4 Å². The molecule has 5 nitrogen and oxygen atoms in total. The molecule has 0 unspecified atom stereocenters. The van der Waals surface area contributed by atoms with Crippen LogP contribution in [0.4, 0.5) is 0 Å². The second kappa shape index (κ2) is 12.1. The Morgan fingerprint density at radius 1 is 1.09 bits per heavy atom. The van der Waals surface area contributed by atoms with Crippen molar-refractivity contribution < 1.29 is 14.3 Å². The lowest BCUT2D eigenvalue weighted by Crippen LogP contribution is -2.28. The van der Waals surface area contributed by atoms with E-state index in [0.29, 0.717) is 36.0 Å². The Hall–Kier alpha value is -2.96. The third-order valence-electron chi connectivity index (χ3n) is 5.87. The third-order valence-corrected chi connectivity index (χ3v) is 7.38. The molecule has 1 aliphatic heterocycles. The van der Waals surface area contributed by atoms with Crippen molar-refractivity contribution in [1.29, 1.82) is 0 Å². The number of amides is 2. The average molecular weight is 509 g/mol. The van der Waals surface area contributed by atoms with Crippen LogP contribution < -0.4 is 10.1 Å². The van der Waals surface area contributed by atoms with E-state index in [-0.39, 0.29) is 17.2 Å². The largest absolute Gasteiger partial charge is 0.494 e. The maximum Gasteiger partial charge on any atom is 0.251 e. The van der Waals surface area contributed by atoms with Gasteiger partial charge < -0.3 is 15.0 Å². The van der Waals surface area contributed by atoms with Crippen LogP contribution in [0.1, 0.15) is 45.8 Å². The van der Waals surface area contributed by atoms with E-state index in [1.54, 1.807) is 11.8 Å². The summed E-state index contributed by atoms with van der Waals surface area (Å²) in [6.07, 6.45) is 1.67. The lowest BCUT2D eigenvalue weighted by molar-refractivity contribution is -0.128. The number of nitrogens with one attached hydrogen (secondary N) is 1. The molecule has 1 saturated heterocycles. The zero-order chi connectivity index (χ0) is 24.6. The lowest BCUT2D eigenvalue weighted by Gasteiger charge is -2.24. The molecule has 182 valence electrons. The molecule has 0 saturated carbocycles. The molecule has 7 heteroatoms. The van der Waals surface area contributed by atoms with E-state index in [0.717, 1.165) is 35.3 Å². The van der Waals surface area contributed by atoms with Gasteiger partial charge in [-0.25, -0.2) is 0 Å². The summed E-state index contributed by atoms with van der Waals surface area (Å²) in [6, 6.07) is 23.1. The number of carbonyl (C=O) groups is 2. The molecule has 1 fully saturated rings. The fourth-order valence-electron chi connectivity index (χ4n) is 4.08. The number of halogens is 1. The minimum absolute atomic E-state index is 0.0688. The number of benzene rings is 3. The molecule has 0 aliphatic carbocycles. The fourth-order valence-corrected chi connectivity index (χ4v) is 5.39. The van der Waals surface area contributed by atoms with Gasteiger partial charge in [-0.2, -0.15) is 0 Å². The smallest absolute Gasteiger partial charge is 0.251 e. The van der Waals surface area contributed by atoms with E-state index in [4.69, 9.17) is 16.3 Å². The predicted octanol–water partition coefficient (Wildman–Crippen LogP) is 5.88. The molecule has 35 heavy (non-hydrogen) atoms. The van der Waals surface area contributed by atoms with Crippen molar-refractivity contribution >= 4 is 35.2 Å². The fraction of sp³-hybridized carbons (Fsp3) is 0.286. The maximum absolute atomic E-state index is 12.6. The van der Waals surface area contributed by atoms with E-state index in [1.165, 1.54) is 0 Å². The Kier molecular flexibility index (Phi) is 8.72. The van der Waals surface area contributed by atoms with Crippen molar-refractivity contribution in [2.24, 2.45) is 0 Å². The number of ether oxygens (including phenoxy) is 1. The van der Waals surface area contributed by atoms with Crippen molar-refractivity contribution in [1.82, 2.24) is 10.2 Å². The molecular formula is C28H29ClN2O3S. The van der Waals surface area contributed by atoms with Crippen LogP contribution in [0, 0.1) is 0 Å². The molecular weight excluding hydrogens is 480 g/mol. The number of nitrogens with zero attached hydrogens (tertiary/aromatic N) is 1. The molecule has 0 aromatic heterocycles. The van der Waals surface area contributed by atoms with Gasteiger partial charge in [0.25, 0.3) is 5.91 Å². The van der Waals surface area contributed by atoms with Gasteiger partial charge in [-0.05, 0) is 66.8 Å². The monoisotopic (exact) mass is 508 g/mol. The summed E-state index contributed by atoms with van der Waals surface area (Å²) in [6.45, 7) is 3.73. The third kappa shape index (κ3) is 6.59. The second-order valence-corrected chi connectivity index (χ2v) is 9.84. The van der Waals surface area contributed by atoms with Crippen LogP contribution >= 0.6 is 23.4 Å². The number of rotatable bonds is 10. The summed E-state index contributed by atoms with van der Waals surface area (Å²) in [5, 5.41) is 3.61. The minimum atomic E-state index is -0.0946. The topological polar surface area (TPSA) is 58.6 Å². The molecule has 1 aliphatic rings. The first-order valence-corrected chi connectivity index (χ1v) is 13.2. The van der Waals surface area contributed by atoms with Crippen molar-refractivity contribution in [2.75, 3.05) is 18.9 Å². The highest BCUT2D eigenvalue weighted by Gasteiger charge is 2.32. The van der Waals surface area contributed by atoms with E-state index in [9.17, 15) is 9.59 Å². The zero-order valence-electron chi connectivity index (χ0n) is 19.7. The number of hydrogen-bond acceptors (Lipinski definition) is 4. The minimum Gasteiger partial charge on any atom is -0.494 e. The standard InChI is InChI=1S/C28H29ClN2O3S/c1-2-34-25-8-4-3-6-21(25)7-5-17-30-27(33)22-11-13-23(14-12-22)28-31(26(32)19-35-28)18-20-9-15-24(29)16-10-20/h3-4,6,8-16,28H,2,5,7,17-19H2,1H3,(H,30,33)/t28-/m1/s1. The van der Waals surface area contributed by atoms with Crippen molar-refractivity contribution in [3.8, 4) is 5.75 Å². The molecule has 1 heterocycles. The molecule has 3 aromatic rings. The highest BCUT2D eigenvalue weighted by Crippen LogP contribution is 2.39. The second-order valence-electron chi connectivity index (χ2n) is 8.33. The van der Waals surface area contributed by atoms with Gasteiger partial charge in [0, 0.05) is 23.7 Å². The van der Waals surface area contributed by atoms with Crippen LogP contribution in [0.5, 0.6) is 5.75 Å². The Bertz CT molecular complexity index is 1150. The van der Waals surface area contributed by atoms with Crippen LogP contribution in [0.25, 0.3) is 0 Å². The van der Waals surface area contributed by atoms with Crippen molar-refractivity contribution in [3.63, 3.8) is 0 Å². The summed E-state index contributed by atoms with van der Waals surface area (Å²) in [5.41, 5.74) is 3.82. The lowest BCUT2D eigenvalue weighted by atomic mass is 10.1. The normalized spacial score (nSPS) is 15.3.